The summed E-state index contributed by atoms with van der Waals surface area (Å²) in [6.45, 7) is 2.92. The second-order valence-electron chi connectivity index (χ2n) is 9.17. The average Bonchev–Trinajstić information content (AvgIpc) is 3.46. The van der Waals surface area contributed by atoms with Gasteiger partial charge < -0.3 is 28.5 Å². The van der Waals surface area contributed by atoms with Gasteiger partial charge in [0.25, 0.3) is 0 Å². The van der Waals surface area contributed by atoms with Crippen molar-refractivity contribution in [3.05, 3.63) is 35.8 Å². The maximum atomic E-state index is 13.6. The van der Waals surface area contributed by atoms with Crippen LogP contribution in [0, 0.1) is 16.7 Å². The molecule has 0 aromatic carbocycles. The summed E-state index contributed by atoms with van der Waals surface area (Å²) in [5.41, 5.74) is -4.55. The Balaban J connectivity index is 1.93. The fourth-order valence-corrected chi connectivity index (χ4v) is 6.34. The lowest BCUT2D eigenvalue weighted by Gasteiger charge is -2.58. The van der Waals surface area contributed by atoms with Gasteiger partial charge in [-0.2, -0.15) is 0 Å². The van der Waals surface area contributed by atoms with Crippen molar-refractivity contribution in [3.8, 4) is 0 Å². The lowest BCUT2D eigenvalue weighted by molar-refractivity contribution is -0.247. The van der Waals surface area contributed by atoms with Crippen LogP contribution >= 0.6 is 0 Å². The Morgan fingerprint density at radius 3 is 2.44 bits per heavy atom. The summed E-state index contributed by atoms with van der Waals surface area (Å²) in [6, 6.07) is 1.69. The van der Waals surface area contributed by atoms with Crippen LogP contribution in [0.2, 0.25) is 0 Å². The van der Waals surface area contributed by atoms with Crippen molar-refractivity contribution in [2.24, 2.45) is 16.7 Å². The molecule has 2 aliphatic carbocycles. The number of fused-ring (bicyclic) bond motifs is 2. The van der Waals surface area contributed by atoms with Gasteiger partial charge in [0.2, 0.25) is 5.60 Å². The zero-order valence-corrected chi connectivity index (χ0v) is 19.5. The molecule has 2 fully saturated rings. The predicted molar refractivity (Wildman–Crippen MR) is 113 cm³/mol. The Labute approximate surface area is 196 Å². The number of methoxy groups -OCH3 is 2. The summed E-state index contributed by atoms with van der Waals surface area (Å²) in [4.78, 5) is 52.1. The largest absolute Gasteiger partial charge is 0.472 e. The first-order valence-electron chi connectivity index (χ1n) is 11.1. The summed E-state index contributed by atoms with van der Waals surface area (Å²) in [5.74, 6) is -4.23. The van der Waals surface area contributed by atoms with E-state index in [4.69, 9.17) is 23.4 Å². The minimum atomic E-state index is -2.60. The van der Waals surface area contributed by atoms with Crippen molar-refractivity contribution < 1.29 is 47.6 Å². The van der Waals surface area contributed by atoms with Crippen LogP contribution in [0.25, 0.3) is 0 Å². The van der Waals surface area contributed by atoms with E-state index in [9.17, 15) is 24.3 Å². The molecule has 34 heavy (non-hydrogen) atoms. The topological polar surface area (TPSA) is 139 Å². The third-order valence-corrected chi connectivity index (χ3v) is 7.88. The molecule has 1 saturated heterocycles. The van der Waals surface area contributed by atoms with Crippen LogP contribution in [0.3, 0.4) is 0 Å². The molecular weight excluding hydrogens is 448 g/mol. The number of ether oxygens (including phenoxy) is 4. The van der Waals surface area contributed by atoms with E-state index in [1.165, 1.54) is 12.5 Å². The Morgan fingerprint density at radius 2 is 1.85 bits per heavy atom. The second kappa shape index (κ2) is 8.26. The summed E-state index contributed by atoms with van der Waals surface area (Å²) in [5, 5.41) is 12.0. The highest BCUT2D eigenvalue weighted by atomic mass is 16.6. The monoisotopic (exact) mass is 476 g/mol. The minimum absolute atomic E-state index is 0.0211. The van der Waals surface area contributed by atoms with Gasteiger partial charge in [0, 0.05) is 18.9 Å². The van der Waals surface area contributed by atoms with Gasteiger partial charge in [0.05, 0.1) is 32.2 Å². The van der Waals surface area contributed by atoms with E-state index in [1.54, 1.807) is 19.1 Å². The fourth-order valence-electron chi connectivity index (χ4n) is 6.34. The van der Waals surface area contributed by atoms with Crippen LogP contribution in [0.4, 0.5) is 0 Å². The lowest BCUT2D eigenvalue weighted by Crippen LogP contribution is -2.73. The molecule has 10 nitrogen and oxygen atoms in total. The van der Waals surface area contributed by atoms with E-state index < -0.39 is 58.4 Å². The summed E-state index contributed by atoms with van der Waals surface area (Å²) >= 11 is 0. The van der Waals surface area contributed by atoms with Crippen molar-refractivity contribution in [2.75, 3.05) is 14.2 Å². The third kappa shape index (κ3) is 2.97. The second-order valence-corrected chi connectivity index (χ2v) is 9.17. The van der Waals surface area contributed by atoms with Crippen molar-refractivity contribution >= 4 is 23.9 Å². The van der Waals surface area contributed by atoms with Crippen molar-refractivity contribution in [2.45, 2.75) is 57.3 Å². The van der Waals surface area contributed by atoms with Gasteiger partial charge >= 0.3 is 23.9 Å². The lowest BCUT2D eigenvalue weighted by atomic mass is 9.44. The molecule has 10 heteroatoms. The van der Waals surface area contributed by atoms with E-state index in [0.29, 0.717) is 11.1 Å². The number of esters is 4. The zero-order valence-electron chi connectivity index (χ0n) is 19.5. The molecule has 3 aliphatic rings. The number of aliphatic hydroxyl groups is 1. The highest BCUT2D eigenvalue weighted by molar-refractivity contribution is 5.95. The van der Waals surface area contributed by atoms with Crippen LogP contribution in [-0.2, 0) is 38.1 Å². The van der Waals surface area contributed by atoms with Gasteiger partial charge in [-0.05, 0) is 38.2 Å². The number of cyclic esters (lactones) is 1. The maximum absolute atomic E-state index is 13.6. The number of rotatable bonds is 4. The quantitative estimate of drug-likeness (QED) is 0.390. The van der Waals surface area contributed by atoms with E-state index in [2.05, 4.69) is 0 Å². The van der Waals surface area contributed by atoms with Crippen LogP contribution in [0.15, 0.2) is 34.7 Å². The summed E-state index contributed by atoms with van der Waals surface area (Å²) < 4.78 is 26.3. The van der Waals surface area contributed by atoms with Crippen LogP contribution in [0.5, 0.6) is 0 Å². The molecule has 1 aromatic heterocycles. The van der Waals surface area contributed by atoms with Crippen molar-refractivity contribution in [3.63, 3.8) is 0 Å². The Bertz CT molecular complexity index is 1040. The highest BCUT2D eigenvalue weighted by Crippen LogP contribution is 2.67. The number of hydrogen-bond acceptors (Lipinski definition) is 10. The first kappa shape index (κ1) is 24.0. The zero-order chi connectivity index (χ0) is 24.9. The summed E-state index contributed by atoms with van der Waals surface area (Å²) in [6.07, 6.45) is 2.84. The van der Waals surface area contributed by atoms with Gasteiger partial charge in [-0.25, -0.2) is 4.79 Å². The number of carbonyl (C=O) groups is 4. The molecule has 6 atom stereocenters. The van der Waals surface area contributed by atoms with Crippen molar-refractivity contribution in [1.82, 2.24) is 0 Å². The first-order chi connectivity index (χ1) is 16.1. The smallest absolute Gasteiger partial charge is 0.343 e. The van der Waals surface area contributed by atoms with Crippen molar-refractivity contribution in [1.29, 1.82) is 0 Å². The predicted octanol–water partition coefficient (Wildman–Crippen LogP) is 2.01. The standard InChI is InChI=1S/C24H28O10/c1-13-7-9-23(20(27)30-3)17(5-6-18(33-14(2)25)24(23,29)21(28)31-4)22(13)11-16(34-19(22)26)15-8-10-32-12-15/h7-8,10,12,16-18,29H,5-6,9,11H2,1-4H3/t16-,17-,18-,22+,23+,24-/m1/s1. The molecule has 1 N–H and O–H groups in total. The number of furan rings is 1. The molecule has 1 spiro atoms. The molecular formula is C24H28O10. The number of carbonyl (C=O) groups excluding carboxylic acids is 4. The minimum Gasteiger partial charge on any atom is -0.472 e. The number of hydrogen-bond donors (Lipinski definition) is 1. The van der Waals surface area contributed by atoms with Gasteiger partial charge in [-0.1, -0.05) is 11.6 Å². The van der Waals surface area contributed by atoms with Gasteiger partial charge in [-0.15, -0.1) is 0 Å². The molecule has 1 aromatic rings. The summed E-state index contributed by atoms with van der Waals surface area (Å²) in [7, 11) is 2.21. The Kier molecular flexibility index (Phi) is 5.83. The molecule has 0 unspecified atom stereocenters. The Morgan fingerprint density at radius 1 is 1.15 bits per heavy atom. The fraction of sp³-hybridized carbons (Fsp3) is 0.583. The van der Waals surface area contributed by atoms with Crippen LogP contribution in [0.1, 0.15) is 51.2 Å². The van der Waals surface area contributed by atoms with E-state index >= 15 is 0 Å². The van der Waals surface area contributed by atoms with E-state index in [1.807, 2.05) is 0 Å². The molecule has 2 heterocycles. The van der Waals surface area contributed by atoms with Gasteiger partial charge in [-0.3, -0.25) is 14.4 Å². The maximum Gasteiger partial charge on any atom is 0.343 e. The molecule has 4 rings (SSSR count). The van der Waals surface area contributed by atoms with E-state index in [-0.39, 0.29) is 25.7 Å². The van der Waals surface area contributed by atoms with Gasteiger partial charge in [0.1, 0.15) is 17.6 Å². The molecule has 184 valence electrons. The molecule has 0 radical (unpaired) electrons. The SMILES string of the molecule is COC(=O)[C@]1(O)[C@H](OC(C)=O)CC[C@@H]2[C@]3(C[C@H](c4ccoc4)OC3=O)C(C)=CC[C@@]21C(=O)OC. The van der Waals surface area contributed by atoms with Gasteiger partial charge in [0.15, 0.2) is 0 Å². The number of allylic oxidation sites excluding steroid dienone is 1. The normalized spacial score (nSPS) is 36.8. The Hall–Kier alpha value is -3.14. The molecule has 1 aliphatic heterocycles. The first-order valence-corrected chi connectivity index (χ1v) is 11.1. The molecule has 0 amide bonds. The van der Waals surface area contributed by atoms with E-state index in [0.717, 1.165) is 21.1 Å². The molecule has 0 bridgehead atoms. The van der Waals surface area contributed by atoms with Crippen LogP contribution < -0.4 is 0 Å². The molecule has 1 saturated carbocycles. The average molecular weight is 476 g/mol. The third-order valence-electron chi connectivity index (χ3n) is 7.88. The highest BCUT2D eigenvalue weighted by Gasteiger charge is 2.78. The van der Waals surface area contributed by atoms with Crippen LogP contribution in [-0.4, -0.2) is 54.9 Å².